The van der Waals surface area contributed by atoms with Gasteiger partial charge in [-0.25, -0.2) is 14.6 Å². The van der Waals surface area contributed by atoms with Crippen molar-refractivity contribution in [2.75, 3.05) is 20.0 Å². The SMILES string of the molecule is CCc1nc(C(=O)OC)c(N)n1C(CC(C)C)C(=O)OC. The number of nitrogen functional groups attached to an aromatic ring is 1. The lowest BCUT2D eigenvalue weighted by Crippen LogP contribution is -2.25. The maximum absolute atomic E-state index is 12.1. The summed E-state index contributed by atoms with van der Waals surface area (Å²) in [4.78, 5) is 28.0. The molecule has 0 bridgehead atoms. The van der Waals surface area contributed by atoms with Crippen LogP contribution in [0.5, 0.6) is 0 Å². The topological polar surface area (TPSA) is 96.4 Å². The van der Waals surface area contributed by atoms with E-state index >= 15 is 0 Å². The van der Waals surface area contributed by atoms with E-state index in [9.17, 15) is 9.59 Å². The number of nitrogens with two attached hydrogens (primary N) is 1. The van der Waals surface area contributed by atoms with Crippen LogP contribution in [0.2, 0.25) is 0 Å². The normalized spacial score (nSPS) is 12.3. The van der Waals surface area contributed by atoms with Gasteiger partial charge in [-0.1, -0.05) is 20.8 Å². The predicted octanol–water partition coefficient (Wildman–Crippen LogP) is 1.57. The van der Waals surface area contributed by atoms with Gasteiger partial charge in [-0.15, -0.1) is 0 Å². The molecule has 0 spiro atoms. The predicted molar refractivity (Wildman–Crippen MR) is 77.9 cm³/mol. The molecule has 0 aliphatic carbocycles. The van der Waals surface area contributed by atoms with Crippen LogP contribution in [0.25, 0.3) is 0 Å². The Balaban J connectivity index is 3.38. The Morgan fingerprint density at radius 3 is 2.33 bits per heavy atom. The minimum atomic E-state index is -0.617. The van der Waals surface area contributed by atoms with Crippen molar-refractivity contribution in [2.45, 2.75) is 39.7 Å². The third-order valence-electron chi connectivity index (χ3n) is 3.20. The van der Waals surface area contributed by atoms with E-state index in [0.29, 0.717) is 18.7 Å². The van der Waals surface area contributed by atoms with Crippen molar-refractivity contribution in [3.8, 4) is 0 Å². The van der Waals surface area contributed by atoms with E-state index < -0.39 is 18.0 Å². The lowest BCUT2D eigenvalue weighted by molar-refractivity contribution is -0.145. The van der Waals surface area contributed by atoms with Crippen molar-refractivity contribution in [3.05, 3.63) is 11.5 Å². The molecule has 0 fully saturated rings. The summed E-state index contributed by atoms with van der Waals surface area (Å²) in [6, 6.07) is -0.601. The first-order valence-corrected chi connectivity index (χ1v) is 6.89. The Morgan fingerprint density at radius 2 is 1.90 bits per heavy atom. The van der Waals surface area contributed by atoms with Crippen LogP contribution in [0.4, 0.5) is 5.82 Å². The Kier molecular flexibility index (Phi) is 5.75. The quantitative estimate of drug-likeness (QED) is 0.801. The zero-order chi connectivity index (χ0) is 16.2. The van der Waals surface area contributed by atoms with Crippen molar-refractivity contribution in [3.63, 3.8) is 0 Å². The van der Waals surface area contributed by atoms with Crippen LogP contribution in [0.3, 0.4) is 0 Å². The largest absolute Gasteiger partial charge is 0.467 e. The molecule has 21 heavy (non-hydrogen) atoms. The summed E-state index contributed by atoms with van der Waals surface area (Å²) in [6.45, 7) is 5.87. The molecule has 1 unspecified atom stereocenters. The first kappa shape index (κ1) is 17.0. The number of hydrogen-bond donors (Lipinski definition) is 1. The highest BCUT2D eigenvalue weighted by molar-refractivity contribution is 5.92. The first-order valence-electron chi connectivity index (χ1n) is 6.89. The Morgan fingerprint density at radius 1 is 1.29 bits per heavy atom. The van der Waals surface area contributed by atoms with Gasteiger partial charge in [0.2, 0.25) is 0 Å². The van der Waals surface area contributed by atoms with Crippen LogP contribution >= 0.6 is 0 Å². The number of anilines is 1. The number of hydrogen-bond acceptors (Lipinski definition) is 6. The van der Waals surface area contributed by atoms with E-state index in [1.807, 2.05) is 20.8 Å². The molecule has 0 aromatic carbocycles. The van der Waals surface area contributed by atoms with E-state index in [0.717, 1.165) is 0 Å². The molecule has 1 aromatic rings. The second kappa shape index (κ2) is 7.10. The summed E-state index contributed by atoms with van der Waals surface area (Å²) in [5.74, 6) is -0.0751. The van der Waals surface area contributed by atoms with E-state index in [1.165, 1.54) is 14.2 Å². The van der Waals surface area contributed by atoms with Gasteiger partial charge < -0.3 is 15.2 Å². The number of ether oxygens (including phenoxy) is 2. The van der Waals surface area contributed by atoms with Gasteiger partial charge in [0.05, 0.1) is 14.2 Å². The highest BCUT2D eigenvalue weighted by atomic mass is 16.5. The molecule has 118 valence electrons. The molecule has 1 rings (SSSR count). The van der Waals surface area contributed by atoms with Crippen LogP contribution in [0, 0.1) is 5.92 Å². The lowest BCUT2D eigenvalue weighted by Gasteiger charge is -2.21. The third kappa shape index (κ3) is 3.53. The van der Waals surface area contributed by atoms with Crippen molar-refractivity contribution in [2.24, 2.45) is 5.92 Å². The Labute approximate surface area is 124 Å². The average molecular weight is 297 g/mol. The maximum Gasteiger partial charge on any atom is 0.360 e. The minimum Gasteiger partial charge on any atom is -0.467 e. The van der Waals surface area contributed by atoms with Crippen LogP contribution < -0.4 is 5.73 Å². The van der Waals surface area contributed by atoms with E-state index in [4.69, 9.17) is 10.5 Å². The minimum absolute atomic E-state index is 0.0343. The molecular weight excluding hydrogens is 274 g/mol. The monoisotopic (exact) mass is 297 g/mol. The highest BCUT2D eigenvalue weighted by Crippen LogP contribution is 2.27. The Bertz CT molecular complexity index is 523. The van der Waals surface area contributed by atoms with Gasteiger partial charge in [-0.3, -0.25) is 4.57 Å². The molecule has 7 nitrogen and oxygen atoms in total. The standard InChI is InChI=1S/C14H23N3O4/c1-6-10-16-11(14(19)21-5)12(15)17(10)9(7-8(2)3)13(18)20-4/h8-9H,6-7,15H2,1-5H3. The fraction of sp³-hybridized carbons (Fsp3) is 0.643. The summed E-state index contributed by atoms with van der Waals surface area (Å²) < 4.78 is 11.1. The summed E-state index contributed by atoms with van der Waals surface area (Å²) in [5, 5.41) is 0. The van der Waals surface area contributed by atoms with Crippen molar-refractivity contribution >= 4 is 17.8 Å². The highest BCUT2D eigenvalue weighted by Gasteiger charge is 2.30. The Hall–Kier alpha value is -2.05. The van der Waals surface area contributed by atoms with Gasteiger partial charge >= 0.3 is 11.9 Å². The fourth-order valence-electron chi connectivity index (χ4n) is 2.23. The van der Waals surface area contributed by atoms with Gasteiger partial charge in [0.25, 0.3) is 0 Å². The number of imidazole rings is 1. The molecule has 0 saturated heterocycles. The van der Waals surface area contributed by atoms with E-state index in [-0.39, 0.29) is 17.4 Å². The average Bonchev–Trinajstić information content (AvgIpc) is 2.79. The molecule has 0 amide bonds. The van der Waals surface area contributed by atoms with Gasteiger partial charge in [0.1, 0.15) is 17.7 Å². The molecule has 1 aromatic heterocycles. The molecule has 0 saturated carbocycles. The molecule has 0 aliphatic rings. The molecule has 1 heterocycles. The number of carbonyl (C=O) groups excluding carboxylic acids is 2. The third-order valence-corrected chi connectivity index (χ3v) is 3.20. The number of aryl methyl sites for hydroxylation is 1. The zero-order valence-electron chi connectivity index (χ0n) is 13.2. The number of methoxy groups -OCH3 is 2. The smallest absolute Gasteiger partial charge is 0.360 e. The number of nitrogens with zero attached hydrogens (tertiary/aromatic N) is 2. The second-order valence-electron chi connectivity index (χ2n) is 5.15. The molecular formula is C14H23N3O4. The zero-order valence-corrected chi connectivity index (χ0v) is 13.2. The van der Waals surface area contributed by atoms with Crippen LogP contribution in [-0.2, 0) is 20.7 Å². The molecule has 7 heteroatoms. The van der Waals surface area contributed by atoms with Crippen molar-refractivity contribution < 1.29 is 19.1 Å². The van der Waals surface area contributed by atoms with E-state index in [2.05, 4.69) is 9.72 Å². The van der Waals surface area contributed by atoms with Crippen LogP contribution in [-0.4, -0.2) is 35.7 Å². The number of carbonyl (C=O) groups is 2. The summed E-state index contributed by atoms with van der Waals surface area (Å²) in [6.07, 6.45) is 1.08. The van der Waals surface area contributed by atoms with Gasteiger partial charge in [0, 0.05) is 6.42 Å². The molecule has 2 N–H and O–H groups in total. The summed E-state index contributed by atoms with van der Waals surface area (Å²) in [5.41, 5.74) is 6.05. The fourth-order valence-corrected chi connectivity index (χ4v) is 2.23. The molecule has 0 radical (unpaired) electrons. The van der Waals surface area contributed by atoms with Crippen molar-refractivity contribution in [1.29, 1.82) is 0 Å². The maximum atomic E-state index is 12.1. The van der Waals surface area contributed by atoms with E-state index in [1.54, 1.807) is 4.57 Å². The summed E-state index contributed by atoms with van der Waals surface area (Å²) >= 11 is 0. The number of esters is 2. The van der Waals surface area contributed by atoms with Gasteiger partial charge in [0.15, 0.2) is 5.69 Å². The number of aromatic nitrogens is 2. The van der Waals surface area contributed by atoms with Crippen LogP contribution in [0.1, 0.15) is 49.5 Å². The first-order chi connectivity index (χ1) is 9.87. The van der Waals surface area contributed by atoms with Crippen molar-refractivity contribution in [1.82, 2.24) is 9.55 Å². The summed E-state index contributed by atoms with van der Waals surface area (Å²) in [7, 11) is 2.59. The molecule has 1 atom stereocenters. The molecule has 0 aliphatic heterocycles. The number of rotatable bonds is 6. The second-order valence-corrected chi connectivity index (χ2v) is 5.15. The van der Waals surface area contributed by atoms with Gasteiger partial charge in [-0.2, -0.15) is 0 Å². The van der Waals surface area contributed by atoms with Gasteiger partial charge in [-0.05, 0) is 12.3 Å². The lowest BCUT2D eigenvalue weighted by atomic mass is 10.0. The van der Waals surface area contributed by atoms with Crippen LogP contribution in [0.15, 0.2) is 0 Å².